The van der Waals surface area contributed by atoms with Gasteiger partial charge in [0.25, 0.3) is 0 Å². The highest BCUT2D eigenvalue weighted by Crippen LogP contribution is 2.06. The monoisotopic (exact) mass is 498 g/mol. The Bertz CT molecular complexity index is 597. The molecule has 0 aromatic heterocycles. The van der Waals surface area contributed by atoms with Crippen molar-refractivity contribution in [1.29, 1.82) is 0 Å². The van der Waals surface area contributed by atoms with Crippen molar-refractivity contribution in [3.05, 3.63) is 30.3 Å². The van der Waals surface area contributed by atoms with Gasteiger partial charge >= 0.3 is 0 Å². The number of unbranched alkanes of at least 4 members (excludes halogenated alkanes) is 1. The van der Waals surface area contributed by atoms with Gasteiger partial charge in [0, 0.05) is 39.9 Å². The molecule has 0 bridgehead atoms. The molecule has 3 N–H and O–H groups in total. The summed E-state index contributed by atoms with van der Waals surface area (Å²) in [5, 5.41) is 6.25. The highest BCUT2D eigenvalue weighted by Gasteiger charge is 2.11. The van der Waals surface area contributed by atoms with Crippen LogP contribution in [-0.4, -0.2) is 54.3 Å². The van der Waals surface area contributed by atoms with Crippen LogP contribution in [0.4, 0.5) is 0 Å². The molecule has 0 aliphatic rings. The van der Waals surface area contributed by atoms with E-state index in [1.807, 2.05) is 0 Å². The van der Waals surface area contributed by atoms with Crippen molar-refractivity contribution in [3.8, 4) is 0 Å². The van der Waals surface area contributed by atoms with Crippen LogP contribution in [0.1, 0.15) is 26.2 Å². The molecule has 0 atom stereocenters. The predicted molar refractivity (Wildman–Crippen MR) is 117 cm³/mol. The van der Waals surface area contributed by atoms with Crippen LogP contribution in [0.2, 0.25) is 0 Å². The molecule has 26 heavy (non-hydrogen) atoms. The average molecular weight is 498 g/mol. The van der Waals surface area contributed by atoms with E-state index in [1.165, 1.54) is 0 Å². The van der Waals surface area contributed by atoms with Crippen LogP contribution >= 0.6 is 24.0 Å². The maximum absolute atomic E-state index is 12.1. The third kappa shape index (κ3) is 10.9. The Hall–Kier alpha value is -0.910. The van der Waals surface area contributed by atoms with Gasteiger partial charge in [0.05, 0.1) is 4.90 Å². The number of benzene rings is 1. The Labute approximate surface area is 174 Å². The Kier molecular flexibility index (Phi) is 14.6. The highest BCUT2D eigenvalue weighted by molar-refractivity contribution is 14.0. The predicted octanol–water partition coefficient (Wildman–Crippen LogP) is 1.95. The summed E-state index contributed by atoms with van der Waals surface area (Å²) >= 11 is 0. The van der Waals surface area contributed by atoms with E-state index in [1.54, 1.807) is 37.4 Å². The van der Waals surface area contributed by atoms with Gasteiger partial charge in [-0.2, -0.15) is 0 Å². The molecule has 0 spiro atoms. The number of ether oxygens (including phenoxy) is 1. The second-order valence-corrected chi connectivity index (χ2v) is 7.22. The number of rotatable bonds is 12. The number of aliphatic imine (C=N–C) groups is 1. The molecule has 0 aliphatic heterocycles. The van der Waals surface area contributed by atoms with Crippen LogP contribution in [0.5, 0.6) is 0 Å². The quantitative estimate of drug-likeness (QED) is 0.177. The molecule has 1 aromatic rings. The molecule has 7 nitrogen and oxygen atoms in total. The Morgan fingerprint density at radius 3 is 2.35 bits per heavy atom. The minimum absolute atomic E-state index is 0. The lowest BCUT2D eigenvalue weighted by atomic mass is 10.4. The fourth-order valence-electron chi connectivity index (χ4n) is 2.00. The molecule has 0 radical (unpaired) electrons. The highest BCUT2D eigenvalue weighted by atomic mass is 127. The van der Waals surface area contributed by atoms with E-state index in [4.69, 9.17) is 4.74 Å². The van der Waals surface area contributed by atoms with Crippen LogP contribution in [0.15, 0.2) is 40.2 Å². The van der Waals surface area contributed by atoms with Crippen molar-refractivity contribution in [1.82, 2.24) is 15.4 Å². The Balaban J connectivity index is 0.00000625. The molecule has 9 heteroatoms. The van der Waals surface area contributed by atoms with Crippen molar-refractivity contribution in [2.75, 3.05) is 39.9 Å². The van der Waals surface area contributed by atoms with E-state index in [0.29, 0.717) is 12.5 Å². The number of nitrogens with one attached hydrogen (secondary N) is 3. The summed E-state index contributed by atoms with van der Waals surface area (Å²) < 4.78 is 32.2. The fraction of sp³-hybridized carbons (Fsp3) is 0.588. The van der Waals surface area contributed by atoms with Crippen LogP contribution in [0.25, 0.3) is 0 Å². The fourth-order valence-corrected chi connectivity index (χ4v) is 3.05. The zero-order valence-electron chi connectivity index (χ0n) is 15.5. The second kappa shape index (κ2) is 15.2. The summed E-state index contributed by atoms with van der Waals surface area (Å²) in [5.74, 6) is 0.646. The molecule has 0 saturated carbocycles. The molecule has 1 aromatic carbocycles. The SMILES string of the molecule is CCCCOCCCNC(=NC)NCCNS(=O)(=O)c1ccccc1.I. The largest absolute Gasteiger partial charge is 0.381 e. The molecule has 0 amide bonds. The molecule has 0 saturated heterocycles. The molecular weight excluding hydrogens is 467 g/mol. The third-order valence-electron chi connectivity index (χ3n) is 3.39. The second-order valence-electron chi connectivity index (χ2n) is 5.46. The molecule has 0 heterocycles. The number of hydrogen-bond donors (Lipinski definition) is 3. The first-order chi connectivity index (χ1) is 12.1. The van der Waals surface area contributed by atoms with Crippen molar-refractivity contribution >= 4 is 40.0 Å². The summed E-state index contributed by atoms with van der Waals surface area (Å²) in [6, 6.07) is 8.32. The first-order valence-electron chi connectivity index (χ1n) is 8.67. The van der Waals surface area contributed by atoms with Crippen LogP contribution in [0.3, 0.4) is 0 Å². The number of sulfonamides is 1. The zero-order chi connectivity index (χ0) is 18.4. The Morgan fingerprint density at radius 2 is 1.69 bits per heavy atom. The zero-order valence-corrected chi connectivity index (χ0v) is 18.7. The molecular formula is C17H31IN4O3S. The number of guanidine groups is 1. The lowest BCUT2D eigenvalue weighted by Crippen LogP contribution is -2.41. The number of hydrogen-bond acceptors (Lipinski definition) is 4. The lowest BCUT2D eigenvalue weighted by molar-refractivity contribution is 0.129. The lowest BCUT2D eigenvalue weighted by Gasteiger charge is -2.12. The van der Waals surface area contributed by atoms with Gasteiger partial charge in [-0.3, -0.25) is 4.99 Å². The van der Waals surface area contributed by atoms with Crippen molar-refractivity contribution < 1.29 is 13.2 Å². The smallest absolute Gasteiger partial charge is 0.240 e. The molecule has 150 valence electrons. The molecule has 0 aliphatic carbocycles. The van der Waals surface area contributed by atoms with E-state index in [9.17, 15) is 8.42 Å². The summed E-state index contributed by atoms with van der Waals surface area (Å²) in [4.78, 5) is 4.37. The van der Waals surface area contributed by atoms with Gasteiger partial charge < -0.3 is 15.4 Å². The van der Waals surface area contributed by atoms with Gasteiger partial charge in [0.15, 0.2) is 5.96 Å². The van der Waals surface area contributed by atoms with Crippen molar-refractivity contribution in [3.63, 3.8) is 0 Å². The minimum atomic E-state index is -3.46. The van der Waals surface area contributed by atoms with E-state index < -0.39 is 10.0 Å². The Morgan fingerprint density at radius 1 is 1.04 bits per heavy atom. The van der Waals surface area contributed by atoms with Gasteiger partial charge in [0.2, 0.25) is 10.0 Å². The number of halogens is 1. The van der Waals surface area contributed by atoms with Gasteiger partial charge in [0.1, 0.15) is 0 Å². The van der Waals surface area contributed by atoms with Crippen molar-refractivity contribution in [2.24, 2.45) is 4.99 Å². The van der Waals surface area contributed by atoms with Gasteiger partial charge in [-0.1, -0.05) is 31.5 Å². The number of nitrogens with zero attached hydrogens (tertiary/aromatic N) is 1. The maximum atomic E-state index is 12.1. The standard InChI is InChI=1S/C17H30N4O3S.HI/c1-3-4-14-24-15-8-11-19-17(18-2)20-12-13-21-25(22,23)16-9-6-5-7-10-16;/h5-7,9-10,21H,3-4,8,11-15H2,1-2H3,(H2,18,19,20);1H. The maximum Gasteiger partial charge on any atom is 0.240 e. The normalized spacial score (nSPS) is 11.7. The van der Waals surface area contributed by atoms with E-state index in [0.717, 1.165) is 39.0 Å². The van der Waals surface area contributed by atoms with Gasteiger partial charge in [-0.15, -0.1) is 24.0 Å². The van der Waals surface area contributed by atoms with Gasteiger partial charge in [-0.25, -0.2) is 13.1 Å². The molecule has 0 unspecified atom stereocenters. The summed E-state index contributed by atoms with van der Waals surface area (Å²) in [5.41, 5.74) is 0. The molecule has 1 rings (SSSR count). The first kappa shape index (κ1) is 25.1. The van der Waals surface area contributed by atoms with Gasteiger partial charge in [-0.05, 0) is 25.0 Å². The van der Waals surface area contributed by atoms with E-state index in [2.05, 4.69) is 27.3 Å². The van der Waals surface area contributed by atoms with Crippen LogP contribution < -0.4 is 15.4 Å². The van der Waals surface area contributed by atoms with Crippen molar-refractivity contribution in [2.45, 2.75) is 31.1 Å². The van der Waals surface area contributed by atoms with E-state index >= 15 is 0 Å². The minimum Gasteiger partial charge on any atom is -0.381 e. The summed E-state index contributed by atoms with van der Waals surface area (Å²) in [6.07, 6.45) is 3.13. The topological polar surface area (TPSA) is 91.8 Å². The summed E-state index contributed by atoms with van der Waals surface area (Å²) in [7, 11) is -1.78. The third-order valence-corrected chi connectivity index (χ3v) is 4.86. The first-order valence-corrected chi connectivity index (χ1v) is 10.2. The van der Waals surface area contributed by atoms with E-state index in [-0.39, 0.29) is 35.4 Å². The molecule has 0 fully saturated rings. The summed E-state index contributed by atoms with van der Waals surface area (Å²) in [6.45, 7) is 5.14. The van der Waals surface area contributed by atoms with Crippen LogP contribution in [-0.2, 0) is 14.8 Å². The average Bonchev–Trinajstić information content (AvgIpc) is 2.63. The van der Waals surface area contributed by atoms with Crippen LogP contribution in [0, 0.1) is 0 Å².